The van der Waals surface area contributed by atoms with E-state index in [1.807, 2.05) is 36.1 Å². The number of aryl methyl sites for hydroxylation is 2. The molecule has 37 heavy (non-hydrogen) atoms. The van der Waals surface area contributed by atoms with Gasteiger partial charge in [0.2, 0.25) is 5.91 Å². The van der Waals surface area contributed by atoms with E-state index in [2.05, 4.69) is 48.1 Å². The summed E-state index contributed by atoms with van der Waals surface area (Å²) in [6, 6.07) is 19.3. The summed E-state index contributed by atoms with van der Waals surface area (Å²) in [5, 5.41) is 4.35. The Morgan fingerprint density at radius 3 is 2.57 bits per heavy atom. The fourth-order valence-electron chi connectivity index (χ4n) is 5.46. The van der Waals surface area contributed by atoms with Crippen LogP contribution in [0.2, 0.25) is 0 Å². The lowest BCUT2D eigenvalue weighted by Gasteiger charge is -2.41. The number of hydrogen-bond donors (Lipinski definition) is 0. The topological polar surface area (TPSA) is 78.8 Å². The molecule has 8 heteroatoms. The number of piperazine rings is 1. The normalized spacial score (nSPS) is 19.2. The predicted molar refractivity (Wildman–Crippen MR) is 144 cm³/mol. The van der Waals surface area contributed by atoms with Crippen LogP contribution in [0.1, 0.15) is 41.9 Å². The number of carbonyl (C=O) groups excluding carboxylic acids is 2. The van der Waals surface area contributed by atoms with E-state index in [1.54, 1.807) is 4.90 Å². The Labute approximate surface area is 217 Å². The van der Waals surface area contributed by atoms with E-state index >= 15 is 0 Å². The number of aromatic nitrogens is 2. The molecule has 1 saturated heterocycles. The molecule has 3 heterocycles. The molecule has 2 aliphatic rings. The van der Waals surface area contributed by atoms with E-state index in [1.165, 1.54) is 28.1 Å². The van der Waals surface area contributed by atoms with Gasteiger partial charge >= 0.3 is 0 Å². The number of para-hydroxylation sites is 1. The van der Waals surface area contributed by atoms with Gasteiger partial charge in [-0.1, -0.05) is 30.3 Å². The molecule has 1 fully saturated rings. The SMILES string of the molecule is Cc1cccc(N2CCN(C(=O)CCn3nc(C(=O)N4c5ccccc5C[C@@H]4C)ccc3=O)C[C@@H]2C)c1. The first-order chi connectivity index (χ1) is 17.8. The number of anilines is 2. The van der Waals surface area contributed by atoms with Gasteiger partial charge in [-0.2, -0.15) is 5.10 Å². The highest BCUT2D eigenvalue weighted by Crippen LogP contribution is 2.32. The Hall–Kier alpha value is -3.94. The highest BCUT2D eigenvalue weighted by Gasteiger charge is 2.32. The van der Waals surface area contributed by atoms with Crippen molar-refractivity contribution in [3.8, 4) is 0 Å². The lowest BCUT2D eigenvalue weighted by atomic mass is 10.1. The first kappa shape index (κ1) is 24.7. The smallest absolute Gasteiger partial charge is 0.278 e. The molecule has 0 unspecified atom stereocenters. The fourth-order valence-corrected chi connectivity index (χ4v) is 5.46. The van der Waals surface area contributed by atoms with E-state index in [0.29, 0.717) is 13.1 Å². The van der Waals surface area contributed by atoms with Crippen molar-refractivity contribution in [1.82, 2.24) is 14.7 Å². The van der Waals surface area contributed by atoms with Gasteiger partial charge in [0.25, 0.3) is 11.5 Å². The number of carbonyl (C=O) groups is 2. The number of nitrogens with zero attached hydrogens (tertiary/aromatic N) is 5. The summed E-state index contributed by atoms with van der Waals surface area (Å²) < 4.78 is 1.24. The average molecular weight is 500 g/mol. The van der Waals surface area contributed by atoms with Crippen molar-refractivity contribution in [1.29, 1.82) is 0 Å². The zero-order chi connectivity index (χ0) is 26.1. The zero-order valence-corrected chi connectivity index (χ0v) is 21.6. The van der Waals surface area contributed by atoms with Gasteiger partial charge in [-0.05, 0) is 62.6 Å². The van der Waals surface area contributed by atoms with Crippen molar-refractivity contribution in [2.24, 2.45) is 0 Å². The van der Waals surface area contributed by atoms with Crippen LogP contribution in [-0.2, 0) is 17.8 Å². The van der Waals surface area contributed by atoms with Crippen LogP contribution in [0.25, 0.3) is 0 Å². The van der Waals surface area contributed by atoms with Crippen LogP contribution in [-0.4, -0.2) is 58.2 Å². The van der Waals surface area contributed by atoms with Gasteiger partial charge in [0.05, 0.1) is 6.54 Å². The van der Waals surface area contributed by atoms with Crippen LogP contribution in [0.4, 0.5) is 11.4 Å². The standard InChI is InChI=1S/C29H33N5O3/c1-20-7-6-9-24(17-20)32-16-15-31(19-22(32)3)27(35)13-14-33-28(36)12-11-25(30-33)29(37)34-21(2)18-23-8-4-5-10-26(23)34/h4-12,17,21-22H,13-16,18-19H2,1-3H3/t21-,22-/m0/s1. The first-order valence-corrected chi connectivity index (χ1v) is 12.9. The largest absolute Gasteiger partial charge is 0.365 e. The van der Waals surface area contributed by atoms with Crippen molar-refractivity contribution in [3.63, 3.8) is 0 Å². The van der Waals surface area contributed by atoms with Crippen LogP contribution in [0.5, 0.6) is 0 Å². The molecule has 5 rings (SSSR count). The quantitative estimate of drug-likeness (QED) is 0.539. The lowest BCUT2D eigenvalue weighted by molar-refractivity contribution is -0.132. The second-order valence-corrected chi connectivity index (χ2v) is 10.1. The van der Waals surface area contributed by atoms with E-state index < -0.39 is 0 Å². The Balaban J connectivity index is 1.23. The maximum Gasteiger partial charge on any atom is 0.278 e. The van der Waals surface area contributed by atoms with Gasteiger partial charge in [-0.25, -0.2) is 4.68 Å². The Bertz CT molecular complexity index is 1380. The van der Waals surface area contributed by atoms with E-state index in [0.717, 1.165) is 24.2 Å². The Morgan fingerprint density at radius 1 is 0.973 bits per heavy atom. The molecule has 0 aliphatic carbocycles. The molecule has 0 bridgehead atoms. The molecule has 192 valence electrons. The molecule has 1 aromatic heterocycles. The molecule has 0 radical (unpaired) electrons. The highest BCUT2D eigenvalue weighted by molar-refractivity contribution is 6.06. The van der Waals surface area contributed by atoms with E-state index in [4.69, 9.17) is 0 Å². The third-order valence-electron chi connectivity index (χ3n) is 7.36. The monoisotopic (exact) mass is 499 g/mol. The zero-order valence-electron chi connectivity index (χ0n) is 21.6. The third kappa shape index (κ3) is 5.01. The number of hydrogen-bond acceptors (Lipinski definition) is 5. The molecule has 2 amide bonds. The van der Waals surface area contributed by atoms with Gasteiger partial charge in [0.15, 0.2) is 0 Å². The lowest BCUT2D eigenvalue weighted by Crippen LogP contribution is -2.54. The van der Waals surface area contributed by atoms with Gasteiger partial charge in [-0.3, -0.25) is 14.4 Å². The summed E-state index contributed by atoms with van der Waals surface area (Å²) >= 11 is 0. The van der Waals surface area contributed by atoms with Crippen molar-refractivity contribution in [2.75, 3.05) is 29.4 Å². The molecule has 0 saturated carbocycles. The number of fused-ring (bicyclic) bond motifs is 1. The van der Waals surface area contributed by atoms with Crippen LogP contribution < -0.4 is 15.4 Å². The molecule has 2 aliphatic heterocycles. The second kappa shape index (κ2) is 10.2. The average Bonchev–Trinajstić information content (AvgIpc) is 3.23. The molecule has 2 atom stereocenters. The van der Waals surface area contributed by atoms with Crippen LogP contribution >= 0.6 is 0 Å². The molecule has 0 N–H and O–H groups in total. The minimum atomic E-state index is -0.322. The van der Waals surface area contributed by atoms with Gasteiger partial charge in [0, 0.05) is 55.6 Å². The van der Waals surface area contributed by atoms with Crippen molar-refractivity contribution in [3.05, 3.63) is 87.8 Å². The summed E-state index contributed by atoms with van der Waals surface area (Å²) in [7, 11) is 0. The summed E-state index contributed by atoms with van der Waals surface area (Å²) in [6.45, 7) is 8.36. The number of amides is 2. The van der Waals surface area contributed by atoms with Crippen molar-refractivity contribution < 1.29 is 9.59 Å². The van der Waals surface area contributed by atoms with Gasteiger partial charge < -0.3 is 14.7 Å². The van der Waals surface area contributed by atoms with Gasteiger partial charge in [0.1, 0.15) is 5.69 Å². The van der Waals surface area contributed by atoms with Crippen molar-refractivity contribution in [2.45, 2.75) is 52.2 Å². The highest BCUT2D eigenvalue weighted by atomic mass is 16.2. The Morgan fingerprint density at radius 2 is 1.78 bits per heavy atom. The van der Waals surface area contributed by atoms with Crippen LogP contribution in [0.3, 0.4) is 0 Å². The maximum atomic E-state index is 13.3. The molecule has 8 nitrogen and oxygen atoms in total. The number of rotatable bonds is 5. The van der Waals surface area contributed by atoms with Crippen LogP contribution in [0.15, 0.2) is 65.5 Å². The Kier molecular flexibility index (Phi) is 6.82. The molecular weight excluding hydrogens is 466 g/mol. The minimum Gasteiger partial charge on any atom is -0.365 e. The van der Waals surface area contributed by atoms with E-state index in [-0.39, 0.29) is 48.1 Å². The first-order valence-electron chi connectivity index (χ1n) is 12.9. The van der Waals surface area contributed by atoms with Gasteiger partial charge in [-0.15, -0.1) is 0 Å². The summed E-state index contributed by atoms with van der Waals surface area (Å²) in [6.07, 6.45) is 0.941. The molecular formula is C29H33N5O3. The summed E-state index contributed by atoms with van der Waals surface area (Å²) in [5.41, 5.74) is 4.28. The van der Waals surface area contributed by atoms with Crippen LogP contribution in [0, 0.1) is 6.92 Å². The molecule has 2 aromatic carbocycles. The third-order valence-corrected chi connectivity index (χ3v) is 7.36. The van der Waals surface area contributed by atoms with E-state index in [9.17, 15) is 14.4 Å². The molecule has 3 aromatic rings. The second-order valence-electron chi connectivity index (χ2n) is 10.1. The fraction of sp³-hybridized carbons (Fsp3) is 0.379. The predicted octanol–water partition coefficient (Wildman–Crippen LogP) is 3.27. The summed E-state index contributed by atoms with van der Waals surface area (Å²) in [4.78, 5) is 44.8. The maximum absolute atomic E-state index is 13.3. The summed E-state index contributed by atoms with van der Waals surface area (Å²) in [5.74, 6) is -0.248. The van der Waals surface area contributed by atoms with Crippen molar-refractivity contribution >= 4 is 23.2 Å². The number of benzene rings is 2. The minimum absolute atomic E-state index is 0.00844. The molecule has 0 spiro atoms.